The van der Waals surface area contributed by atoms with E-state index in [2.05, 4.69) is 370 Å². The summed E-state index contributed by atoms with van der Waals surface area (Å²) >= 11 is 1.87. The van der Waals surface area contributed by atoms with Gasteiger partial charge < -0.3 is 0 Å². The highest BCUT2D eigenvalue weighted by Gasteiger charge is 2.29. The molecule has 0 aliphatic heterocycles. The molecule has 0 saturated heterocycles. The van der Waals surface area contributed by atoms with E-state index in [1.807, 2.05) is 145 Å². The third-order valence-corrected chi connectivity index (χ3v) is 27.9. The van der Waals surface area contributed by atoms with Crippen LogP contribution in [0.3, 0.4) is 0 Å². The summed E-state index contributed by atoms with van der Waals surface area (Å²) < 4.78 is 2.62. The van der Waals surface area contributed by atoms with Crippen molar-refractivity contribution in [3.05, 3.63) is 526 Å². The molecule has 0 fully saturated rings. The van der Waals surface area contributed by atoms with Gasteiger partial charge in [-0.3, -0.25) is 0 Å². The van der Waals surface area contributed by atoms with Crippen LogP contribution in [0.5, 0.6) is 0 Å². The predicted octanol–water partition coefficient (Wildman–Crippen LogP) is 33.5. The highest BCUT2D eigenvalue weighted by atomic mass is 32.1. The van der Waals surface area contributed by atoms with E-state index in [1.165, 1.54) is 126 Å². The molecular formula is C131H87N9S. The number of fused-ring (bicyclic) bond motifs is 9. The third-order valence-electron chi connectivity index (χ3n) is 26.6. The largest absolute Gasteiger partial charge is 0.208 e. The van der Waals surface area contributed by atoms with Crippen molar-refractivity contribution in [1.82, 2.24) is 44.9 Å². The lowest BCUT2D eigenvalue weighted by atomic mass is 9.94. The molecule has 0 N–H and O–H groups in total. The highest BCUT2D eigenvalue weighted by molar-refractivity contribution is 7.26. The predicted molar refractivity (Wildman–Crippen MR) is 581 cm³/mol. The molecule has 2 aliphatic carbocycles. The average Bonchev–Trinajstić information content (AvgIpc) is 1.60. The van der Waals surface area contributed by atoms with Crippen molar-refractivity contribution in [2.75, 3.05) is 0 Å². The maximum atomic E-state index is 5.10. The normalized spacial score (nSPS) is 11.5. The van der Waals surface area contributed by atoms with Crippen LogP contribution in [-0.4, -0.2) is 44.9 Å². The molecule has 0 atom stereocenters. The van der Waals surface area contributed by atoms with E-state index in [1.54, 1.807) is 0 Å². The van der Waals surface area contributed by atoms with Crippen LogP contribution in [0, 0.1) is 0 Å². The Morgan fingerprint density at radius 3 is 0.596 bits per heavy atom. The Labute approximate surface area is 822 Å². The van der Waals surface area contributed by atoms with Gasteiger partial charge in [-0.25, -0.2) is 44.9 Å². The summed E-state index contributed by atoms with van der Waals surface area (Å²) in [5, 5.41) is 2.59. The van der Waals surface area contributed by atoms with E-state index in [-0.39, 0.29) is 0 Å². The maximum Gasteiger partial charge on any atom is 0.164 e. The van der Waals surface area contributed by atoms with Crippen LogP contribution in [0.1, 0.15) is 22.3 Å². The topological polar surface area (TPSA) is 116 Å². The van der Waals surface area contributed by atoms with Gasteiger partial charge in [-0.05, 0) is 165 Å². The van der Waals surface area contributed by atoms with E-state index >= 15 is 0 Å². The third kappa shape index (κ3) is 17.5. The second-order valence-electron chi connectivity index (χ2n) is 35.3. The zero-order chi connectivity index (χ0) is 93.7. The number of benzene rings is 20. The van der Waals surface area contributed by atoms with Gasteiger partial charge in [0.05, 0.1) is 0 Å². The molecule has 4 aromatic heterocycles. The summed E-state index contributed by atoms with van der Waals surface area (Å²) in [6, 6.07) is 176. The Morgan fingerprint density at radius 1 is 0.121 bits per heavy atom. The molecule has 0 radical (unpaired) electrons. The Hall–Kier alpha value is -18.4. The van der Waals surface area contributed by atoms with Gasteiger partial charge in [-0.15, -0.1) is 11.3 Å². The molecule has 0 spiro atoms. The van der Waals surface area contributed by atoms with Crippen molar-refractivity contribution < 1.29 is 0 Å². The van der Waals surface area contributed by atoms with Gasteiger partial charge in [0, 0.05) is 70.2 Å². The van der Waals surface area contributed by atoms with Crippen molar-refractivity contribution in [2.45, 2.75) is 12.8 Å². The first-order chi connectivity index (χ1) is 69.9. The SMILES string of the molecule is c1ccc(-c2ccc(-c3nc(-c4ccccc4)nc(-c4cccc(-c5cccc6c5Cc5c(-c7ccccc7)cccc5-6)c4)n3)cc2)cc1.c1ccc(-c2cccc(-c3nc(-c4ccccc4)nc(-c4cccc(-c5cccc6c5Cc5c(-c7ccccc7)cccc5-6)c4)n3)c2)cc1.c1ccc(-c2nc(-c3ccccc3)nc(-c3ccc(-c4cccc5c4sc4c(-c6ccccc6)cccc45)cc3)n2)cc1. The van der Waals surface area contributed by atoms with Gasteiger partial charge in [0.2, 0.25) is 0 Å². The molecule has 26 rings (SSSR count). The van der Waals surface area contributed by atoms with Gasteiger partial charge in [0.1, 0.15) is 0 Å². The van der Waals surface area contributed by atoms with Crippen LogP contribution in [0.2, 0.25) is 0 Å². The van der Waals surface area contributed by atoms with Crippen LogP contribution in [-0.2, 0) is 12.8 Å². The first-order valence-electron chi connectivity index (χ1n) is 47.6. The first kappa shape index (κ1) is 85.6. The summed E-state index contributed by atoms with van der Waals surface area (Å²) in [5.74, 6) is 5.90. The van der Waals surface area contributed by atoms with Gasteiger partial charge in [-0.2, -0.15) is 0 Å². The molecule has 9 nitrogen and oxygen atoms in total. The lowest BCUT2D eigenvalue weighted by Crippen LogP contribution is -2.00. The van der Waals surface area contributed by atoms with Gasteiger partial charge in [0.25, 0.3) is 0 Å². The number of thiophene rings is 1. The number of nitrogens with zero attached hydrogens (tertiary/aromatic N) is 9. The van der Waals surface area contributed by atoms with Crippen LogP contribution in [0.25, 0.3) is 234 Å². The molecule has 0 bridgehead atoms. The van der Waals surface area contributed by atoms with Gasteiger partial charge in [0.15, 0.2) is 52.4 Å². The van der Waals surface area contributed by atoms with E-state index in [0.29, 0.717) is 52.4 Å². The van der Waals surface area contributed by atoms with E-state index < -0.39 is 0 Å². The second kappa shape index (κ2) is 38.4. The van der Waals surface area contributed by atoms with E-state index in [4.69, 9.17) is 44.9 Å². The van der Waals surface area contributed by atoms with Crippen LogP contribution >= 0.6 is 11.3 Å². The average molecular weight is 1820 g/mol. The quantitative estimate of drug-likeness (QED) is 0.0879. The fourth-order valence-corrected chi connectivity index (χ4v) is 21.1. The molecule has 662 valence electrons. The zero-order valence-corrected chi connectivity index (χ0v) is 77.6. The Balaban J connectivity index is 0.000000115. The minimum Gasteiger partial charge on any atom is -0.208 e. The van der Waals surface area contributed by atoms with Gasteiger partial charge in [-0.1, -0.05) is 485 Å². The van der Waals surface area contributed by atoms with Crippen LogP contribution in [0.4, 0.5) is 0 Å². The van der Waals surface area contributed by atoms with Crippen molar-refractivity contribution in [1.29, 1.82) is 0 Å². The summed E-state index contributed by atoms with van der Waals surface area (Å²) in [6.07, 6.45) is 1.78. The number of rotatable bonds is 17. The van der Waals surface area contributed by atoms with Crippen molar-refractivity contribution in [3.8, 4) is 214 Å². The fourth-order valence-electron chi connectivity index (χ4n) is 19.7. The molecule has 0 unspecified atom stereocenters. The second-order valence-corrected chi connectivity index (χ2v) is 36.3. The Morgan fingerprint density at radius 2 is 0.291 bits per heavy atom. The minimum atomic E-state index is 0.650. The lowest BCUT2D eigenvalue weighted by Gasteiger charge is -2.12. The fraction of sp³-hybridized carbons (Fsp3) is 0.0153. The van der Waals surface area contributed by atoms with Crippen molar-refractivity contribution in [3.63, 3.8) is 0 Å². The summed E-state index contributed by atoms with van der Waals surface area (Å²) in [4.78, 5) is 44.8. The molecule has 0 amide bonds. The summed E-state index contributed by atoms with van der Waals surface area (Å²) in [6.45, 7) is 0. The van der Waals surface area contributed by atoms with Crippen molar-refractivity contribution >= 4 is 31.5 Å². The number of hydrogen-bond acceptors (Lipinski definition) is 10. The Kier molecular flexibility index (Phi) is 23.3. The Bertz CT molecular complexity index is 8660. The molecule has 2 aliphatic rings. The maximum absolute atomic E-state index is 5.10. The minimum absolute atomic E-state index is 0.650. The van der Waals surface area contributed by atoms with Crippen LogP contribution in [0.15, 0.2) is 504 Å². The number of aromatic nitrogens is 9. The van der Waals surface area contributed by atoms with Crippen molar-refractivity contribution in [2.24, 2.45) is 0 Å². The van der Waals surface area contributed by atoms with E-state index in [0.717, 1.165) is 90.7 Å². The number of hydrogen-bond donors (Lipinski definition) is 0. The smallest absolute Gasteiger partial charge is 0.164 e. The van der Waals surface area contributed by atoms with E-state index in [9.17, 15) is 0 Å². The summed E-state index contributed by atoms with van der Waals surface area (Å²) in [5.41, 5.74) is 38.8. The first-order valence-corrected chi connectivity index (χ1v) is 48.4. The molecule has 0 saturated carbocycles. The molecule has 4 heterocycles. The van der Waals surface area contributed by atoms with Gasteiger partial charge >= 0.3 is 0 Å². The molecule has 141 heavy (non-hydrogen) atoms. The zero-order valence-electron chi connectivity index (χ0n) is 76.8. The molecular weight excluding hydrogens is 1730 g/mol. The lowest BCUT2D eigenvalue weighted by molar-refractivity contribution is 1.07. The molecule has 20 aromatic carbocycles. The monoisotopic (exact) mass is 1820 g/mol. The molecule has 10 heteroatoms. The van der Waals surface area contributed by atoms with Crippen LogP contribution < -0.4 is 0 Å². The summed E-state index contributed by atoms with van der Waals surface area (Å²) in [7, 11) is 0. The molecule has 24 aromatic rings. The standard InChI is InChI=1S/2C46H31N3.C39H25N3S/c1-4-14-31(15-5-1)34-20-10-22-36(28-34)45-47-44(33-18-8-3-9-19-33)48-46(49-45)37-23-11-21-35(29-37)39-25-13-27-41-40-26-12-24-38(42(40)30-43(39)41)32-16-6-2-7-17-32;1-4-13-31(14-5-1)32-25-27-35(28-26-32)45-47-44(34-17-8-3-9-18-34)48-46(49-45)37-20-10-19-36(29-37)39-22-12-24-41-40-23-11-21-38(42(40)30-43(39)41)33-15-6-2-7-16-33;1-4-12-26(13-5-1)31-18-10-20-33-34-21-11-19-32(36(34)43-35(31)33)27-22-24-30(25-23-27)39-41-37(28-14-6-2-7-15-28)40-38(42-39)29-16-8-3-9-17-29/h2*1-29H,30H2;1-25H. The highest BCUT2D eigenvalue weighted by Crippen LogP contribution is 2.50.